The van der Waals surface area contributed by atoms with Crippen LogP contribution >= 0.6 is 0 Å². The van der Waals surface area contributed by atoms with Gasteiger partial charge in [-0.15, -0.1) is 0 Å². The van der Waals surface area contributed by atoms with Crippen LogP contribution in [0.3, 0.4) is 0 Å². The van der Waals surface area contributed by atoms with E-state index in [1.807, 2.05) is 14.1 Å². The van der Waals surface area contributed by atoms with Gasteiger partial charge in [0.2, 0.25) is 0 Å². The molecule has 0 aliphatic heterocycles. The summed E-state index contributed by atoms with van der Waals surface area (Å²) in [6.45, 7) is 3.19. The van der Waals surface area contributed by atoms with E-state index >= 15 is 0 Å². The Balaban J connectivity index is 4.58. The second-order valence-corrected chi connectivity index (χ2v) is 12.4. The average molecular weight is 551 g/mol. The number of amides is 2. The molecule has 0 fully saturated rings. The predicted molar refractivity (Wildman–Crippen MR) is 132 cm³/mol. The fraction of sp³-hybridized carbons (Fsp3) is 0.950. The van der Waals surface area contributed by atoms with E-state index in [1.54, 1.807) is 7.05 Å². The highest BCUT2D eigenvalue weighted by molar-refractivity contribution is 7.82. The molecule has 2 amide bonds. The minimum atomic E-state index is -3.92. The monoisotopic (exact) mass is 550 g/mol. The molecule has 0 bridgehead atoms. The fourth-order valence-corrected chi connectivity index (χ4v) is 4.28. The molecule has 0 saturated carbocycles. The smallest absolute Gasteiger partial charge is 0.341 e. The van der Waals surface area contributed by atoms with Crippen LogP contribution < -0.4 is 10.6 Å². The Kier molecular flexibility index (Phi) is 15.4. The zero-order chi connectivity index (χ0) is 27.2. The van der Waals surface area contributed by atoms with Crippen molar-refractivity contribution in [1.29, 1.82) is 0 Å². The van der Waals surface area contributed by atoms with E-state index < -0.39 is 20.8 Å². The van der Waals surface area contributed by atoms with Crippen LogP contribution in [-0.4, -0.2) is 127 Å². The molecule has 0 saturated heterocycles. The van der Waals surface area contributed by atoms with Crippen LogP contribution in [-0.2, 0) is 37.5 Å². The number of hydrogen-bond acceptors (Lipinski definition) is 9. The molecule has 210 valence electrons. The lowest BCUT2D eigenvalue weighted by atomic mass is 10.1. The number of urea groups is 1. The van der Waals surface area contributed by atoms with Gasteiger partial charge in [0.1, 0.15) is 0 Å². The maximum Gasteiger partial charge on any atom is 0.399 e. The van der Waals surface area contributed by atoms with Crippen molar-refractivity contribution in [2.45, 2.75) is 38.1 Å². The molecular weight excluding hydrogens is 504 g/mol. The van der Waals surface area contributed by atoms with Gasteiger partial charge in [0.25, 0.3) is 0 Å². The second-order valence-electron chi connectivity index (χ2n) is 9.62. The molecule has 1 atom stereocenters. The molecule has 1 unspecified atom stereocenters. The van der Waals surface area contributed by atoms with Gasteiger partial charge in [-0.25, -0.2) is 13.2 Å². The minimum absolute atomic E-state index is 0.0207. The summed E-state index contributed by atoms with van der Waals surface area (Å²) in [5.74, 6) is 0. The van der Waals surface area contributed by atoms with Crippen molar-refractivity contribution in [1.82, 2.24) is 10.6 Å². The molecular formula is C20H46N4O9S2+2. The van der Waals surface area contributed by atoms with Gasteiger partial charge in [-0.3, -0.25) is 8.37 Å². The largest absolute Gasteiger partial charge is 0.399 e. The number of quaternary nitrogens is 2. The number of carbonyl (C=O) groups excluding carboxylic acids is 1. The number of carbonyl (C=O) groups is 1. The summed E-state index contributed by atoms with van der Waals surface area (Å²) in [6.07, 6.45) is 3.53. The van der Waals surface area contributed by atoms with Crippen molar-refractivity contribution in [3.63, 3.8) is 0 Å². The van der Waals surface area contributed by atoms with Crippen LogP contribution in [0, 0.1) is 0 Å². The maximum atomic E-state index is 11.9. The summed E-state index contributed by atoms with van der Waals surface area (Å²) in [5, 5.41) is 5.60. The SMILES string of the molecule is CNC(=O)NC(CCC[N+](C)(C)CCCOS(=O)(=O)OC)CC[N+](C)(C)CCCOS(=O)(=O)OC. The Morgan fingerprint density at radius 1 is 0.743 bits per heavy atom. The zero-order valence-electron chi connectivity index (χ0n) is 22.2. The molecule has 0 heterocycles. The molecule has 13 nitrogen and oxygen atoms in total. The molecule has 15 heteroatoms. The van der Waals surface area contributed by atoms with Crippen molar-refractivity contribution in [3.8, 4) is 0 Å². The van der Waals surface area contributed by atoms with Crippen LogP contribution in [0.5, 0.6) is 0 Å². The molecule has 0 aromatic heterocycles. The predicted octanol–water partition coefficient (Wildman–Crippen LogP) is 0.203. The average Bonchev–Trinajstić information content (AvgIpc) is 2.78. The highest BCUT2D eigenvalue weighted by Crippen LogP contribution is 2.11. The molecule has 0 aliphatic rings. The molecule has 2 N–H and O–H groups in total. The lowest BCUT2D eigenvalue weighted by Gasteiger charge is -2.33. The normalized spacial score (nSPS) is 14.0. The Labute approximate surface area is 211 Å². The Bertz CT molecular complexity index is 818. The molecule has 0 aromatic rings. The zero-order valence-corrected chi connectivity index (χ0v) is 23.9. The van der Waals surface area contributed by atoms with Crippen molar-refractivity contribution in [2.75, 3.05) is 88.9 Å². The summed E-state index contributed by atoms with van der Waals surface area (Å²) >= 11 is 0. The first-order valence-corrected chi connectivity index (χ1v) is 14.3. The third-order valence-electron chi connectivity index (χ3n) is 5.64. The van der Waals surface area contributed by atoms with Crippen LogP contribution in [0.4, 0.5) is 4.79 Å². The first-order chi connectivity index (χ1) is 16.1. The molecule has 0 aliphatic carbocycles. The van der Waals surface area contributed by atoms with Gasteiger partial charge < -0.3 is 19.6 Å². The quantitative estimate of drug-likeness (QED) is 0.160. The number of rotatable bonds is 20. The van der Waals surface area contributed by atoms with E-state index in [-0.39, 0.29) is 25.3 Å². The number of hydrogen-bond donors (Lipinski definition) is 2. The molecule has 35 heavy (non-hydrogen) atoms. The third-order valence-corrected chi connectivity index (χ3v) is 7.37. The van der Waals surface area contributed by atoms with E-state index in [0.717, 1.165) is 53.1 Å². The summed E-state index contributed by atoms with van der Waals surface area (Å²) in [7, 11) is 4.09. The maximum absolute atomic E-state index is 11.9. The van der Waals surface area contributed by atoms with Gasteiger partial charge in [-0.05, 0) is 12.8 Å². The third kappa shape index (κ3) is 17.9. The summed E-state index contributed by atoms with van der Waals surface area (Å²) < 4.78 is 64.2. The van der Waals surface area contributed by atoms with Crippen LogP contribution in [0.25, 0.3) is 0 Å². The van der Waals surface area contributed by atoms with Crippen molar-refractivity contribution in [3.05, 3.63) is 0 Å². The highest BCUT2D eigenvalue weighted by atomic mass is 32.3. The van der Waals surface area contributed by atoms with Crippen LogP contribution in [0.2, 0.25) is 0 Å². The van der Waals surface area contributed by atoms with Crippen molar-refractivity contribution < 1.29 is 47.3 Å². The van der Waals surface area contributed by atoms with Crippen LogP contribution in [0.15, 0.2) is 0 Å². The van der Waals surface area contributed by atoms with E-state index in [0.29, 0.717) is 28.4 Å². The molecule has 0 aromatic carbocycles. The first-order valence-electron chi connectivity index (χ1n) is 11.6. The Morgan fingerprint density at radius 3 is 1.60 bits per heavy atom. The summed E-state index contributed by atoms with van der Waals surface area (Å²) in [4.78, 5) is 11.9. The van der Waals surface area contributed by atoms with Gasteiger partial charge >= 0.3 is 26.8 Å². The van der Waals surface area contributed by atoms with E-state index in [4.69, 9.17) is 8.37 Å². The topological polar surface area (TPSA) is 146 Å². The molecule has 0 rings (SSSR count). The van der Waals surface area contributed by atoms with Gasteiger partial charge in [0.15, 0.2) is 0 Å². The summed E-state index contributed by atoms with van der Waals surface area (Å²) in [5.41, 5.74) is 0. The second kappa shape index (κ2) is 15.9. The minimum Gasteiger partial charge on any atom is -0.341 e. The molecule has 0 spiro atoms. The summed E-state index contributed by atoms with van der Waals surface area (Å²) in [6, 6.07) is -0.253. The van der Waals surface area contributed by atoms with Gasteiger partial charge in [-0.1, -0.05) is 0 Å². The number of nitrogens with one attached hydrogen (secondary N) is 2. The first kappa shape index (κ1) is 33.9. The van der Waals surface area contributed by atoms with Gasteiger partial charge in [0, 0.05) is 32.4 Å². The van der Waals surface area contributed by atoms with Crippen molar-refractivity contribution >= 4 is 26.8 Å². The Morgan fingerprint density at radius 2 is 1.17 bits per heavy atom. The lowest BCUT2D eigenvalue weighted by molar-refractivity contribution is -0.891. The van der Waals surface area contributed by atoms with Crippen LogP contribution in [0.1, 0.15) is 32.1 Å². The van der Waals surface area contributed by atoms with E-state index in [1.165, 1.54) is 0 Å². The van der Waals surface area contributed by atoms with Crippen molar-refractivity contribution in [2.24, 2.45) is 0 Å². The standard InChI is InChI=1S/C20H45N4O9S2/c1-21-20(25)22-19(12-16-24(4,5)15-10-18-33-35(28,29)31-7)11-8-13-23(2,3)14-9-17-32-34(26,27)30-6/h19H,8-18H2,1-7H3,(H-,21,22,25)/q+1/p+1. The number of nitrogens with zero attached hydrogens (tertiary/aromatic N) is 2. The fourth-order valence-electron chi connectivity index (χ4n) is 3.44. The van der Waals surface area contributed by atoms with E-state index in [2.05, 4.69) is 33.1 Å². The van der Waals surface area contributed by atoms with Gasteiger partial charge in [-0.2, -0.15) is 16.8 Å². The Hall–Kier alpha value is -1.07. The molecule has 0 radical (unpaired) electrons. The lowest BCUT2D eigenvalue weighted by Crippen LogP contribution is -2.47. The highest BCUT2D eigenvalue weighted by Gasteiger charge is 2.22. The van der Waals surface area contributed by atoms with E-state index in [9.17, 15) is 21.6 Å². The van der Waals surface area contributed by atoms with Gasteiger partial charge in [0.05, 0.1) is 81.8 Å².